The van der Waals surface area contributed by atoms with Crippen LogP contribution in [0.2, 0.25) is 0 Å². The van der Waals surface area contributed by atoms with E-state index in [0.29, 0.717) is 11.3 Å². The molecular weight excluding hydrogens is 163 g/mol. The third-order valence-electron chi connectivity index (χ3n) is 2.51. The first kappa shape index (κ1) is 14.1. The predicted octanol–water partition coefficient (Wildman–Crippen LogP) is 0.998. The summed E-state index contributed by atoms with van der Waals surface area (Å²) in [6.07, 6.45) is 8.09. The van der Waals surface area contributed by atoms with Gasteiger partial charge in [0.25, 0.3) is 0 Å². The molecule has 1 aliphatic carbocycles. The van der Waals surface area contributed by atoms with Crippen molar-refractivity contribution in [2.45, 2.75) is 41.5 Å². The van der Waals surface area contributed by atoms with Gasteiger partial charge >= 0.3 is 18.9 Å². The van der Waals surface area contributed by atoms with E-state index >= 15 is 0 Å². The van der Waals surface area contributed by atoms with Gasteiger partial charge in [-0.3, -0.25) is 6.08 Å². The van der Waals surface area contributed by atoms with Gasteiger partial charge in [0, 0.05) is 0 Å². The molecule has 0 spiro atoms. The van der Waals surface area contributed by atoms with Gasteiger partial charge in [-0.05, 0) is 10.8 Å². The fourth-order valence-corrected chi connectivity index (χ4v) is 1.43. The molecule has 0 bridgehead atoms. The summed E-state index contributed by atoms with van der Waals surface area (Å²) in [7, 11) is 0. The molecule has 0 saturated carbocycles. The maximum atomic E-state index is 3.58. The summed E-state index contributed by atoms with van der Waals surface area (Å²) in [5, 5.41) is 0. The van der Waals surface area contributed by atoms with Crippen molar-refractivity contribution in [3.63, 3.8) is 0 Å². The smallest absolute Gasteiger partial charge is 0.265 e. The van der Waals surface area contributed by atoms with E-state index < -0.39 is 0 Å². The molecule has 0 amide bonds. The van der Waals surface area contributed by atoms with Crippen LogP contribution >= 0.6 is 0 Å². The van der Waals surface area contributed by atoms with Crippen molar-refractivity contribution < 1.29 is 18.9 Å². The molecular formula is C13H21Li. The van der Waals surface area contributed by atoms with Crippen LogP contribution in [0.5, 0.6) is 0 Å². The quantitative estimate of drug-likeness (QED) is 0.389. The Kier molecular flexibility index (Phi) is 4.32. The molecule has 74 valence electrons. The fraction of sp³-hybridized carbons (Fsp3) is 0.692. The van der Waals surface area contributed by atoms with Crippen molar-refractivity contribution in [3.05, 3.63) is 23.8 Å². The zero-order valence-corrected chi connectivity index (χ0v) is 10.7. The third-order valence-corrected chi connectivity index (χ3v) is 2.51. The van der Waals surface area contributed by atoms with Crippen molar-refractivity contribution in [1.29, 1.82) is 0 Å². The van der Waals surface area contributed by atoms with E-state index in [4.69, 9.17) is 0 Å². The molecule has 0 saturated heterocycles. The summed E-state index contributed by atoms with van der Waals surface area (Å²) in [5.74, 6) is 0.488. The van der Waals surface area contributed by atoms with Crippen LogP contribution in [0.4, 0.5) is 0 Å². The molecule has 0 radical (unpaired) electrons. The van der Waals surface area contributed by atoms with E-state index in [1.54, 1.807) is 0 Å². The van der Waals surface area contributed by atoms with Crippen LogP contribution in [0.15, 0.2) is 17.7 Å². The van der Waals surface area contributed by atoms with Crippen LogP contribution in [0.25, 0.3) is 0 Å². The molecule has 1 heteroatoms. The van der Waals surface area contributed by atoms with Crippen LogP contribution < -0.4 is 18.9 Å². The molecule has 0 fully saturated rings. The van der Waals surface area contributed by atoms with Crippen molar-refractivity contribution in [1.82, 2.24) is 0 Å². The Morgan fingerprint density at radius 2 is 1.57 bits per heavy atom. The van der Waals surface area contributed by atoms with E-state index in [1.807, 2.05) is 0 Å². The van der Waals surface area contributed by atoms with E-state index in [9.17, 15) is 0 Å². The molecule has 1 atom stereocenters. The molecule has 0 N–H and O–H groups in total. The molecule has 0 aromatic heterocycles. The second kappa shape index (κ2) is 4.29. The topological polar surface area (TPSA) is 0 Å². The second-order valence-corrected chi connectivity index (χ2v) is 6.01. The minimum atomic E-state index is 0. The second-order valence-electron chi connectivity index (χ2n) is 6.01. The molecule has 1 aliphatic rings. The van der Waals surface area contributed by atoms with Gasteiger partial charge in [-0.15, -0.1) is 0 Å². The largest absolute Gasteiger partial charge is 1.00 e. The van der Waals surface area contributed by atoms with Crippen molar-refractivity contribution in [2.24, 2.45) is 16.7 Å². The number of allylic oxidation sites excluding steroid dienone is 4. The van der Waals surface area contributed by atoms with E-state index in [-0.39, 0.29) is 24.3 Å². The zero-order valence-electron chi connectivity index (χ0n) is 10.7. The Morgan fingerprint density at radius 3 is 1.79 bits per heavy atom. The van der Waals surface area contributed by atoms with Crippen LogP contribution in [0, 0.1) is 22.8 Å². The number of rotatable bonds is 0. The molecule has 0 aromatic carbocycles. The molecule has 0 nitrogen and oxygen atoms in total. The molecule has 0 aliphatic heterocycles. The number of hydrogen-bond acceptors (Lipinski definition) is 0. The third kappa shape index (κ3) is 3.34. The Morgan fingerprint density at radius 1 is 1.07 bits per heavy atom. The Bertz CT molecular complexity index is 245. The van der Waals surface area contributed by atoms with Gasteiger partial charge in [0.1, 0.15) is 0 Å². The van der Waals surface area contributed by atoms with E-state index in [0.717, 1.165) is 0 Å². The summed E-state index contributed by atoms with van der Waals surface area (Å²) in [6, 6.07) is 0. The van der Waals surface area contributed by atoms with Gasteiger partial charge in [-0.2, -0.15) is 6.08 Å². The maximum absolute atomic E-state index is 3.58. The standard InChI is InChI=1S/C13H21.Li/c1-12(2,3)10-7-8-11(9-10)13(4,5)6;/h7-8,10H,1-6H3;/q-1;+1. The van der Waals surface area contributed by atoms with E-state index in [1.165, 1.54) is 5.57 Å². The van der Waals surface area contributed by atoms with Crippen molar-refractivity contribution >= 4 is 0 Å². The van der Waals surface area contributed by atoms with Crippen LogP contribution in [0.3, 0.4) is 0 Å². The van der Waals surface area contributed by atoms with Crippen molar-refractivity contribution in [2.75, 3.05) is 0 Å². The summed E-state index contributed by atoms with van der Waals surface area (Å²) >= 11 is 0. The van der Waals surface area contributed by atoms with Gasteiger partial charge in [0.05, 0.1) is 0 Å². The molecule has 14 heavy (non-hydrogen) atoms. The molecule has 0 heterocycles. The van der Waals surface area contributed by atoms with Crippen LogP contribution in [-0.4, -0.2) is 0 Å². The van der Waals surface area contributed by atoms with Gasteiger partial charge < -0.3 is 0 Å². The summed E-state index contributed by atoms with van der Waals surface area (Å²) < 4.78 is 0. The first-order valence-electron chi connectivity index (χ1n) is 5.03. The average Bonchev–Trinajstić information content (AvgIpc) is 2.28. The average molecular weight is 184 g/mol. The molecule has 1 unspecified atom stereocenters. The summed E-state index contributed by atoms with van der Waals surface area (Å²) in [6.45, 7) is 13.5. The van der Waals surface area contributed by atoms with Gasteiger partial charge in [-0.25, -0.2) is 11.6 Å². The Balaban J connectivity index is 0.00000169. The Hall–Kier alpha value is 0.0774. The Labute approximate surface area is 101 Å². The fourth-order valence-electron chi connectivity index (χ4n) is 1.43. The van der Waals surface area contributed by atoms with E-state index in [2.05, 4.69) is 59.8 Å². The van der Waals surface area contributed by atoms with Gasteiger partial charge in [0.15, 0.2) is 0 Å². The molecule has 0 aromatic rings. The summed E-state index contributed by atoms with van der Waals surface area (Å²) in [5.41, 5.74) is 1.91. The minimum absolute atomic E-state index is 0. The van der Waals surface area contributed by atoms with Crippen LogP contribution in [-0.2, 0) is 0 Å². The van der Waals surface area contributed by atoms with Crippen LogP contribution in [0.1, 0.15) is 41.5 Å². The SMILES string of the molecule is CC(C)(C)C1=[C-]C(C(C)(C)C)C=C1.[Li+]. The number of hydrogen-bond donors (Lipinski definition) is 0. The summed E-state index contributed by atoms with van der Waals surface area (Å²) in [4.78, 5) is 0. The first-order valence-corrected chi connectivity index (χ1v) is 5.03. The zero-order chi connectivity index (χ0) is 10.3. The van der Waals surface area contributed by atoms with Gasteiger partial charge in [-0.1, -0.05) is 47.5 Å². The first-order chi connectivity index (χ1) is 5.71. The molecule has 1 rings (SSSR count). The monoisotopic (exact) mass is 184 g/mol. The van der Waals surface area contributed by atoms with Gasteiger partial charge in [0.2, 0.25) is 0 Å². The predicted molar refractivity (Wildman–Crippen MR) is 58.3 cm³/mol. The minimum Gasteiger partial charge on any atom is -0.265 e. The normalized spacial score (nSPS) is 21.9. The maximum Gasteiger partial charge on any atom is 1.00 e. The van der Waals surface area contributed by atoms with Crippen molar-refractivity contribution in [3.8, 4) is 0 Å².